The summed E-state index contributed by atoms with van der Waals surface area (Å²) in [4.78, 5) is 19.7. The number of aldehydes is 1. The van der Waals surface area contributed by atoms with Crippen molar-refractivity contribution in [1.29, 1.82) is 0 Å². The van der Waals surface area contributed by atoms with Crippen molar-refractivity contribution in [3.63, 3.8) is 0 Å². The van der Waals surface area contributed by atoms with Crippen LogP contribution in [0.1, 0.15) is 156 Å². The fourth-order valence-electron chi connectivity index (χ4n) is 4.34. The second-order valence-corrected chi connectivity index (χ2v) is 12.9. The summed E-state index contributed by atoms with van der Waals surface area (Å²) < 4.78 is 30.6. The Morgan fingerprint density at radius 2 is 1.38 bits per heavy atom. The van der Waals surface area contributed by atoms with Crippen LogP contribution in [0.3, 0.4) is 0 Å². The SMILES string of the molecule is C.CC(C)=O.CCCC(C)(CCC)NC.CCCC(C)(F)C(C)C.CCCc1cccc(OC(C)F)c1.Cc1ccc(C=O)cc1C. The van der Waals surface area contributed by atoms with E-state index in [0.717, 1.165) is 31.1 Å². The summed E-state index contributed by atoms with van der Waals surface area (Å²) in [5, 5.41) is 3.38. The highest BCUT2D eigenvalue weighted by Crippen LogP contribution is 2.26. The van der Waals surface area contributed by atoms with E-state index in [1.807, 2.05) is 71.0 Å². The van der Waals surface area contributed by atoms with Crippen LogP contribution >= 0.6 is 0 Å². The van der Waals surface area contributed by atoms with Gasteiger partial charge in [-0.3, -0.25) is 4.79 Å². The van der Waals surface area contributed by atoms with Gasteiger partial charge in [0.1, 0.15) is 23.5 Å². The Bertz CT molecular complexity index is 1040. The molecule has 0 amide bonds. The molecule has 0 saturated carbocycles. The standard InChI is InChI=1S/C11H15FO.C9H21N.C9H10O.C8H17F.C3H6O.CH4/c1-3-5-10-6-4-7-11(8-10)13-9(2)12;1-5-7-9(3,10-4)8-6-2;1-7-3-4-9(6-10)5-8(7)2;1-5-6-8(4,9)7(2)3;1-3(2)4;/h4,6-9H,3,5H2,1-2H3;10H,5-8H2,1-4H3;3-6H,1-2H3;7H,5-6H2,1-4H3;1-2H3;1H4. The third-order valence-corrected chi connectivity index (χ3v) is 7.55. The van der Waals surface area contributed by atoms with Gasteiger partial charge in [0.05, 0.1) is 0 Å². The van der Waals surface area contributed by atoms with E-state index in [0.29, 0.717) is 17.7 Å². The molecular weight excluding hydrogens is 592 g/mol. The van der Waals surface area contributed by atoms with Crippen LogP contribution in [0.4, 0.5) is 8.78 Å². The molecule has 0 radical (unpaired) electrons. The van der Waals surface area contributed by atoms with Gasteiger partial charge in [-0.15, -0.1) is 0 Å². The van der Waals surface area contributed by atoms with Crippen LogP contribution in [0.15, 0.2) is 42.5 Å². The molecule has 2 unspecified atom stereocenters. The molecule has 2 atom stereocenters. The Kier molecular flexibility index (Phi) is 32.2. The summed E-state index contributed by atoms with van der Waals surface area (Å²) in [7, 11) is 2.06. The van der Waals surface area contributed by atoms with E-state index >= 15 is 0 Å². The average Bonchev–Trinajstić information content (AvgIpc) is 2.95. The molecule has 0 heterocycles. The number of carbonyl (C=O) groups is 2. The van der Waals surface area contributed by atoms with Crippen LogP contribution in [0.25, 0.3) is 0 Å². The third kappa shape index (κ3) is 29.3. The molecule has 2 aromatic carbocycles. The number of ketones is 1. The smallest absolute Gasteiger partial charge is 0.235 e. The van der Waals surface area contributed by atoms with E-state index in [1.54, 1.807) is 13.0 Å². The molecule has 0 spiro atoms. The molecule has 2 aromatic rings. The highest BCUT2D eigenvalue weighted by molar-refractivity contribution is 5.75. The van der Waals surface area contributed by atoms with E-state index in [2.05, 4.69) is 40.1 Å². The van der Waals surface area contributed by atoms with Crippen molar-refractivity contribution >= 4 is 12.1 Å². The van der Waals surface area contributed by atoms with Gasteiger partial charge in [-0.2, -0.15) is 0 Å². The van der Waals surface area contributed by atoms with Crippen molar-refractivity contribution in [2.75, 3.05) is 7.05 Å². The molecule has 0 aliphatic heterocycles. The van der Waals surface area contributed by atoms with Crippen LogP contribution in [0.5, 0.6) is 5.75 Å². The van der Waals surface area contributed by atoms with Crippen molar-refractivity contribution < 1.29 is 23.1 Å². The fraction of sp³-hybridized carbons (Fsp3) is 0.659. The zero-order chi connectivity index (χ0) is 36.3. The lowest BCUT2D eigenvalue weighted by Gasteiger charge is -2.28. The summed E-state index contributed by atoms with van der Waals surface area (Å²) in [5.74, 6) is 0.929. The normalized spacial score (nSPS) is 12.0. The Morgan fingerprint density at radius 3 is 1.72 bits per heavy atom. The maximum absolute atomic E-state index is 13.2. The zero-order valence-corrected chi connectivity index (χ0v) is 31.9. The van der Waals surface area contributed by atoms with Crippen LogP contribution in [-0.2, 0) is 11.2 Å². The van der Waals surface area contributed by atoms with Crippen LogP contribution in [-0.4, -0.2) is 36.7 Å². The van der Waals surface area contributed by atoms with Crippen LogP contribution in [0, 0.1) is 19.8 Å². The van der Waals surface area contributed by atoms with Gasteiger partial charge in [-0.25, -0.2) is 8.78 Å². The number of hydrogen-bond acceptors (Lipinski definition) is 4. The summed E-state index contributed by atoms with van der Waals surface area (Å²) in [6, 6.07) is 13.3. The van der Waals surface area contributed by atoms with E-state index in [9.17, 15) is 18.4 Å². The first kappa shape index (κ1) is 51.2. The van der Waals surface area contributed by atoms with Gasteiger partial charge in [-0.05, 0) is 115 Å². The Balaban J connectivity index is -0.000000253. The maximum atomic E-state index is 13.2. The van der Waals surface area contributed by atoms with Gasteiger partial charge in [0.25, 0.3) is 0 Å². The fourth-order valence-corrected chi connectivity index (χ4v) is 4.34. The van der Waals surface area contributed by atoms with Gasteiger partial charge in [-0.1, -0.05) is 98.9 Å². The molecule has 0 aromatic heterocycles. The van der Waals surface area contributed by atoms with Gasteiger partial charge in [0, 0.05) is 18.0 Å². The lowest BCUT2D eigenvalue weighted by molar-refractivity contribution is -0.115. The molecule has 0 aliphatic carbocycles. The Labute approximate surface area is 289 Å². The lowest BCUT2D eigenvalue weighted by Crippen LogP contribution is -2.39. The monoisotopic (exact) mass is 666 g/mol. The summed E-state index contributed by atoms with van der Waals surface area (Å²) >= 11 is 0. The molecule has 0 bridgehead atoms. The molecule has 47 heavy (non-hydrogen) atoms. The van der Waals surface area contributed by atoms with Crippen LogP contribution in [0.2, 0.25) is 0 Å². The minimum atomic E-state index is -1.24. The maximum Gasteiger partial charge on any atom is 0.235 e. The Hall–Kier alpha value is -2.60. The quantitative estimate of drug-likeness (QED) is 0.216. The number of carbonyl (C=O) groups excluding carboxylic acids is 2. The number of rotatable bonds is 13. The molecule has 0 saturated heterocycles. The number of aryl methyl sites for hydroxylation is 3. The van der Waals surface area contributed by atoms with Crippen molar-refractivity contribution in [2.45, 2.75) is 166 Å². The molecular formula is C41H73F2NO3. The Morgan fingerprint density at radius 1 is 0.872 bits per heavy atom. The second kappa shape index (κ2) is 29.5. The second-order valence-electron chi connectivity index (χ2n) is 12.9. The molecule has 274 valence electrons. The predicted molar refractivity (Wildman–Crippen MR) is 203 cm³/mol. The number of halogens is 2. The molecule has 1 N–H and O–H groups in total. The van der Waals surface area contributed by atoms with Crippen molar-refractivity contribution in [3.8, 4) is 5.75 Å². The largest absolute Gasteiger partial charge is 0.461 e. The van der Waals surface area contributed by atoms with Gasteiger partial charge in [0.2, 0.25) is 6.36 Å². The molecule has 0 fully saturated rings. The summed E-state index contributed by atoms with van der Waals surface area (Å²) in [6.07, 6.45) is 8.48. The topological polar surface area (TPSA) is 55.4 Å². The summed E-state index contributed by atoms with van der Waals surface area (Å²) in [5.41, 5.74) is 3.79. The highest BCUT2D eigenvalue weighted by atomic mass is 19.1. The molecule has 6 heteroatoms. The van der Waals surface area contributed by atoms with Gasteiger partial charge in [0.15, 0.2) is 0 Å². The molecule has 4 nitrogen and oxygen atoms in total. The number of ether oxygens (including phenoxy) is 1. The molecule has 0 aliphatic rings. The number of Topliss-reactive ketones (excluding diaryl/α,β-unsaturated/α-hetero) is 1. The first-order valence-corrected chi connectivity index (χ1v) is 17.1. The van der Waals surface area contributed by atoms with Crippen molar-refractivity contribution in [2.24, 2.45) is 5.92 Å². The number of nitrogens with one attached hydrogen (secondary N) is 1. The van der Waals surface area contributed by atoms with E-state index in [1.165, 1.54) is 63.1 Å². The minimum absolute atomic E-state index is 0. The van der Waals surface area contributed by atoms with E-state index < -0.39 is 12.0 Å². The highest BCUT2D eigenvalue weighted by Gasteiger charge is 2.25. The number of benzene rings is 2. The average molecular weight is 666 g/mol. The van der Waals surface area contributed by atoms with E-state index in [4.69, 9.17) is 4.74 Å². The minimum Gasteiger partial charge on any atom is -0.461 e. The third-order valence-electron chi connectivity index (χ3n) is 7.55. The van der Waals surface area contributed by atoms with Gasteiger partial charge >= 0.3 is 0 Å². The van der Waals surface area contributed by atoms with Crippen molar-refractivity contribution in [1.82, 2.24) is 5.32 Å². The van der Waals surface area contributed by atoms with E-state index in [-0.39, 0.29) is 19.1 Å². The van der Waals surface area contributed by atoms with Crippen molar-refractivity contribution in [3.05, 3.63) is 64.7 Å². The number of hydrogen-bond donors (Lipinski definition) is 1. The molecule has 2 rings (SSSR count). The predicted octanol–water partition coefficient (Wildman–Crippen LogP) is 12.4. The summed E-state index contributed by atoms with van der Waals surface area (Å²) in [6.45, 7) is 24.9. The van der Waals surface area contributed by atoms with Gasteiger partial charge < -0.3 is 14.8 Å². The van der Waals surface area contributed by atoms with Crippen LogP contribution < -0.4 is 10.1 Å². The first-order valence-electron chi connectivity index (χ1n) is 17.1. The zero-order valence-electron chi connectivity index (χ0n) is 31.9. The lowest BCUT2D eigenvalue weighted by atomic mass is 9.90. The first-order chi connectivity index (χ1) is 21.4. The number of alkyl halides is 2.